The normalized spacial score (nSPS) is 10.3. The van der Waals surface area contributed by atoms with Crippen LogP contribution in [0.5, 0.6) is 0 Å². The molecule has 1 aromatic heterocycles. The van der Waals surface area contributed by atoms with Crippen LogP contribution in [0.25, 0.3) is 0 Å². The summed E-state index contributed by atoms with van der Waals surface area (Å²) in [5.41, 5.74) is 6.72. The van der Waals surface area contributed by atoms with Gasteiger partial charge < -0.3 is 11.1 Å². The minimum Gasteiger partial charge on any atom is -0.398 e. The third kappa shape index (κ3) is 3.08. The Balaban J connectivity index is 2.25. The molecule has 0 spiro atoms. The fraction of sp³-hybridized carbons (Fsp3) is 0.0769. The summed E-state index contributed by atoms with van der Waals surface area (Å²) in [4.78, 5) is 16.1. The molecule has 0 saturated carbocycles. The van der Waals surface area contributed by atoms with Crippen LogP contribution in [-0.4, -0.2) is 10.9 Å². The highest BCUT2D eigenvalue weighted by atomic mass is 79.9. The van der Waals surface area contributed by atoms with Crippen molar-refractivity contribution < 1.29 is 9.18 Å². The summed E-state index contributed by atoms with van der Waals surface area (Å²) < 4.78 is 13.7. The molecular weight excluding hydrogens is 313 g/mol. The second-order valence-corrected chi connectivity index (χ2v) is 4.92. The standard InChI is InChI=1S/C13H11BrFN3O/c1-7-4-8(14)6-17-12(7)18-13(19)10-3-2-9(15)5-11(10)16/h2-6H,16H2,1H3,(H,17,18,19). The van der Waals surface area contributed by atoms with Gasteiger partial charge in [0, 0.05) is 16.4 Å². The minimum atomic E-state index is -0.480. The van der Waals surface area contributed by atoms with Crippen LogP contribution in [0, 0.1) is 12.7 Å². The van der Waals surface area contributed by atoms with Crippen molar-refractivity contribution in [2.24, 2.45) is 0 Å². The van der Waals surface area contributed by atoms with E-state index in [1.54, 1.807) is 6.20 Å². The molecule has 2 rings (SSSR count). The highest BCUT2D eigenvalue weighted by molar-refractivity contribution is 9.10. The van der Waals surface area contributed by atoms with Gasteiger partial charge in [-0.25, -0.2) is 9.37 Å². The molecular formula is C13H11BrFN3O. The first-order valence-electron chi connectivity index (χ1n) is 5.46. The summed E-state index contributed by atoms with van der Waals surface area (Å²) in [6, 6.07) is 5.47. The number of hydrogen-bond acceptors (Lipinski definition) is 3. The number of nitrogens with one attached hydrogen (secondary N) is 1. The first-order chi connectivity index (χ1) is 8.97. The Morgan fingerprint density at radius 3 is 2.79 bits per heavy atom. The lowest BCUT2D eigenvalue weighted by molar-refractivity contribution is 0.102. The third-order valence-electron chi connectivity index (χ3n) is 2.54. The number of nitrogen functional groups attached to an aromatic ring is 1. The second kappa shape index (κ2) is 5.36. The number of nitrogens with zero attached hydrogens (tertiary/aromatic N) is 1. The van der Waals surface area contributed by atoms with Gasteiger partial charge in [-0.3, -0.25) is 4.79 Å². The first-order valence-corrected chi connectivity index (χ1v) is 6.25. The number of halogens is 2. The summed E-state index contributed by atoms with van der Waals surface area (Å²) >= 11 is 3.29. The van der Waals surface area contributed by atoms with Crippen molar-refractivity contribution in [3.8, 4) is 0 Å². The minimum absolute atomic E-state index is 0.0901. The van der Waals surface area contributed by atoms with E-state index >= 15 is 0 Å². The molecule has 1 amide bonds. The molecule has 0 radical (unpaired) electrons. The molecule has 1 aromatic carbocycles. The zero-order chi connectivity index (χ0) is 14.0. The highest BCUT2D eigenvalue weighted by Gasteiger charge is 2.12. The maximum atomic E-state index is 12.9. The van der Waals surface area contributed by atoms with E-state index in [-0.39, 0.29) is 11.3 Å². The zero-order valence-electron chi connectivity index (χ0n) is 10.1. The maximum absolute atomic E-state index is 12.9. The van der Waals surface area contributed by atoms with Crippen LogP contribution >= 0.6 is 15.9 Å². The topological polar surface area (TPSA) is 68.0 Å². The predicted molar refractivity (Wildman–Crippen MR) is 75.4 cm³/mol. The predicted octanol–water partition coefficient (Wildman–Crippen LogP) is 3.13. The van der Waals surface area contributed by atoms with E-state index in [1.807, 2.05) is 13.0 Å². The summed E-state index contributed by atoms with van der Waals surface area (Å²) in [5, 5.41) is 2.64. The molecule has 1 heterocycles. The van der Waals surface area contributed by atoms with Crippen LogP contribution in [0.3, 0.4) is 0 Å². The molecule has 0 unspecified atom stereocenters. The average Bonchev–Trinajstić information content (AvgIpc) is 2.32. The lowest BCUT2D eigenvalue weighted by Crippen LogP contribution is -2.15. The van der Waals surface area contributed by atoms with Crippen LogP contribution in [0.15, 0.2) is 34.9 Å². The van der Waals surface area contributed by atoms with E-state index in [4.69, 9.17) is 5.73 Å². The van der Waals surface area contributed by atoms with Crippen molar-refractivity contribution in [2.75, 3.05) is 11.1 Å². The van der Waals surface area contributed by atoms with Crippen LogP contribution in [0.4, 0.5) is 15.9 Å². The Kier molecular flexibility index (Phi) is 3.80. The van der Waals surface area contributed by atoms with E-state index in [0.29, 0.717) is 5.82 Å². The summed E-state index contributed by atoms with van der Waals surface area (Å²) in [6.07, 6.45) is 1.58. The van der Waals surface area contributed by atoms with Crippen molar-refractivity contribution in [1.29, 1.82) is 0 Å². The number of anilines is 2. The molecule has 2 aromatic rings. The number of aromatic nitrogens is 1. The number of benzene rings is 1. The van der Waals surface area contributed by atoms with Gasteiger partial charge in [0.05, 0.1) is 5.56 Å². The molecule has 98 valence electrons. The molecule has 6 heteroatoms. The van der Waals surface area contributed by atoms with E-state index in [0.717, 1.165) is 16.1 Å². The van der Waals surface area contributed by atoms with Gasteiger partial charge in [-0.05, 0) is 52.7 Å². The van der Waals surface area contributed by atoms with Crippen molar-refractivity contribution in [1.82, 2.24) is 4.98 Å². The smallest absolute Gasteiger partial charge is 0.258 e. The molecule has 4 nitrogen and oxygen atoms in total. The Labute approximate surface area is 118 Å². The maximum Gasteiger partial charge on any atom is 0.258 e. The Morgan fingerprint density at radius 2 is 2.16 bits per heavy atom. The number of carbonyl (C=O) groups excluding carboxylic acids is 1. The Bertz CT molecular complexity index is 646. The van der Waals surface area contributed by atoms with Gasteiger partial charge >= 0.3 is 0 Å². The van der Waals surface area contributed by atoms with Crippen molar-refractivity contribution >= 4 is 33.3 Å². The van der Waals surface area contributed by atoms with Crippen molar-refractivity contribution in [3.63, 3.8) is 0 Å². The molecule has 3 N–H and O–H groups in total. The Hall–Kier alpha value is -1.95. The molecule has 0 aliphatic heterocycles. The van der Waals surface area contributed by atoms with Crippen LogP contribution in [0.2, 0.25) is 0 Å². The largest absolute Gasteiger partial charge is 0.398 e. The molecule has 0 aliphatic carbocycles. The van der Waals surface area contributed by atoms with Crippen LogP contribution in [-0.2, 0) is 0 Å². The van der Waals surface area contributed by atoms with Crippen molar-refractivity contribution in [3.05, 3.63) is 51.9 Å². The van der Waals surface area contributed by atoms with Crippen LogP contribution < -0.4 is 11.1 Å². The first kappa shape index (κ1) is 13.5. The second-order valence-electron chi connectivity index (χ2n) is 4.00. The number of nitrogens with two attached hydrogens (primary N) is 1. The van der Waals surface area contributed by atoms with Gasteiger partial charge in [-0.1, -0.05) is 0 Å². The molecule has 0 bridgehead atoms. The monoisotopic (exact) mass is 323 g/mol. The quantitative estimate of drug-likeness (QED) is 0.834. The fourth-order valence-electron chi connectivity index (χ4n) is 1.59. The molecule has 0 fully saturated rings. The SMILES string of the molecule is Cc1cc(Br)cnc1NC(=O)c1ccc(F)cc1N. The van der Waals surface area contributed by atoms with Crippen LogP contribution in [0.1, 0.15) is 15.9 Å². The number of hydrogen-bond donors (Lipinski definition) is 2. The fourth-order valence-corrected chi connectivity index (χ4v) is 2.03. The average molecular weight is 324 g/mol. The number of rotatable bonds is 2. The number of amides is 1. The lowest BCUT2D eigenvalue weighted by Gasteiger charge is -2.09. The molecule has 19 heavy (non-hydrogen) atoms. The number of pyridine rings is 1. The van der Waals surface area contributed by atoms with Gasteiger partial charge in [0.15, 0.2) is 0 Å². The van der Waals surface area contributed by atoms with E-state index < -0.39 is 11.7 Å². The Morgan fingerprint density at radius 1 is 1.42 bits per heavy atom. The molecule has 0 saturated heterocycles. The molecule has 0 atom stereocenters. The highest BCUT2D eigenvalue weighted by Crippen LogP contribution is 2.19. The van der Waals surface area contributed by atoms with Gasteiger partial charge in [-0.2, -0.15) is 0 Å². The number of carbonyl (C=O) groups is 1. The van der Waals surface area contributed by atoms with E-state index in [9.17, 15) is 9.18 Å². The number of aryl methyl sites for hydroxylation is 1. The van der Waals surface area contributed by atoms with Gasteiger partial charge in [-0.15, -0.1) is 0 Å². The lowest BCUT2D eigenvalue weighted by atomic mass is 10.1. The zero-order valence-corrected chi connectivity index (χ0v) is 11.7. The summed E-state index contributed by atoms with van der Waals surface area (Å²) in [7, 11) is 0. The van der Waals surface area contributed by atoms with E-state index in [1.165, 1.54) is 12.1 Å². The summed E-state index contributed by atoms with van der Waals surface area (Å²) in [5.74, 6) is -0.459. The van der Waals surface area contributed by atoms with Gasteiger partial charge in [0.2, 0.25) is 0 Å². The van der Waals surface area contributed by atoms with Gasteiger partial charge in [0.25, 0.3) is 5.91 Å². The van der Waals surface area contributed by atoms with E-state index in [2.05, 4.69) is 26.2 Å². The van der Waals surface area contributed by atoms with Gasteiger partial charge in [0.1, 0.15) is 11.6 Å². The van der Waals surface area contributed by atoms with Crippen molar-refractivity contribution in [2.45, 2.75) is 6.92 Å². The third-order valence-corrected chi connectivity index (χ3v) is 2.97. The molecule has 0 aliphatic rings. The summed E-state index contributed by atoms with van der Waals surface area (Å²) in [6.45, 7) is 1.82.